The zero-order valence-corrected chi connectivity index (χ0v) is 65.0. The average molecular weight is 1390 g/mol. The molecule has 8 heterocycles. The number of ether oxygens (including phenoxy) is 1. The van der Waals surface area contributed by atoms with E-state index >= 15 is 0 Å². The highest BCUT2D eigenvalue weighted by Gasteiger charge is 2.23. The molecular formula is C76H154N16O6. The predicted octanol–water partition coefficient (Wildman–Crippen LogP) is 5.56. The van der Waals surface area contributed by atoms with E-state index in [-0.39, 0.29) is 12.7 Å². The van der Waals surface area contributed by atoms with Gasteiger partial charge in [0.2, 0.25) is 0 Å². The van der Waals surface area contributed by atoms with Crippen LogP contribution in [0.2, 0.25) is 0 Å². The molecule has 8 unspecified atom stereocenters. The molecule has 0 saturated carbocycles. The van der Waals surface area contributed by atoms with Crippen LogP contribution in [0.5, 0.6) is 0 Å². The highest BCUT2D eigenvalue weighted by molar-refractivity contribution is 5.69. The number of carbonyl (C=O) groups is 2. The smallest absolute Gasteiger partial charge is 0.373 e. The zero-order valence-electron chi connectivity index (χ0n) is 65.0. The van der Waals surface area contributed by atoms with Crippen molar-refractivity contribution in [2.75, 3.05) is 321 Å². The first-order valence-corrected chi connectivity index (χ1v) is 40.5. The Bertz CT molecular complexity index is 1940. The summed E-state index contributed by atoms with van der Waals surface area (Å²) in [5.74, 6) is -0.706. The summed E-state index contributed by atoms with van der Waals surface area (Å²) in [5, 5.41) is 9.11. The molecule has 574 valence electrons. The molecule has 0 aromatic heterocycles. The van der Waals surface area contributed by atoms with Crippen LogP contribution in [-0.2, 0) is 23.9 Å². The van der Waals surface area contributed by atoms with E-state index in [9.17, 15) is 9.59 Å². The minimum atomic E-state index is -0.706. The van der Waals surface area contributed by atoms with E-state index < -0.39 is 5.97 Å². The van der Waals surface area contributed by atoms with Crippen molar-refractivity contribution in [3.05, 3.63) is 0 Å². The molecule has 0 aliphatic carbocycles. The Morgan fingerprint density at radius 2 is 0.541 bits per heavy atom. The van der Waals surface area contributed by atoms with Crippen molar-refractivity contribution in [2.45, 2.75) is 152 Å². The number of carboxylic acid groups (broad SMARTS) is 1. The molecule has 8 saturated heterocycles. The molecule has 8 atom stereocenters. The molecule has 8 aliphatic rings. The van der Waals surface area contributed by atoms with Crippen LogP contribution >= 0.6 is 0 Å². The van der Waals surface area contributed by atoms with Gasteiger partial charge >= 0.3 is 12.1 Å². The molecule has 0 spiro atoms. The minimum absolute atomic E-state index is 0.178. The molecule has 8 aliphatic heterocycles. The van der Waals surface area contributed by atoms with Crippen LogP contribution in [0.25, 0.3) is 0 Å². The monoisotopic (exact) mass is 1390 g/mol. The first kappa shape index (κ1) is 88.1. The summed E-state index contributed by atoms with van der Waals surface area (Å²) >= 11 is 0. The second kappa shape index (κ2) is 56.1. The summed E-state index contributed by atoms with van der Waals surface area (Å²) in [6.45, 7) is 76.2. The van der Waals surface area contributed by atoms with Gasteiger partial charge in [0.25, 0.3) is 6.47 Å². The number of aliphatic carboxylic acids is 1. The summed E-state index contributed by atoms with van der Waals surface area (Å²) in [5.41, 5.74) is 0.446. The van der Waals surface area contributed by atoms with E-state index in [4.69, 9.17) is 19.4 Å². The van der Waals surface area contributed by atoms with Crippen LogP contribution < -0.4 is 0 Å². The molecule has 22 heteroatoms. The second-order valence-electron chi connectivity index (χ2n) is 30.7. The van der Waals surface area contributed by atoms with E-state index in [1.165, 1.54) is 312 Å². The largest absolute Gasteiger partial charge is 0.480 e. The van der Waals surface area contributed by atoms with E-state index in [1.807, 2.05) is 0 Å². The second-order valence-corrected chi connectivity index (χ2v) is 30.7. The van der Waals surface area contributed by atoms with Gasteiger partial charge in [0.1, 0.15) is 6.61 Å². The number of rotatable bonds is 15. The normalized spacial score (nSPS) is 28.7. The quantitative estimate of drug-likeness (QED) is 0.161. The molecule has 8 rings (SSSR count). The van der Waals surface area contributed by atoms with Crippen molar-refractivity contribution < 1.29 is 29.0 Å². The molecule has 1 N–H and O–H groups in total. The lowest BCUT2D eigenvalue weighted by molar-refractivity contribution is -0.191. The maximum Gasteiger partial charge on any atom is 0.373 e. The number of fused-ring (bicyclic) bond motifs is 16. The lowest BCUT2D eigenvalue weighted by atomic mass is 9.92. The van der Waals surface area contributed by atoms with Crippen LogP contribution in [0.4, 0.5) is 0 Å². The van der Waals surface area contributed by atoms with Gasteiger partial charge in [-0.2, -0.15) is 9.59 Å². The van der Waals surface area contributed by atoms with Crippen molar-refractivity contribution in [1.29, 1.82) is 0 Å². The molecule has 8 bridgehead atoms. The molecule has 8 fully saturated rings. The van der Waals surface area contributed by atoms with E-state index in [1.54, 1.807) is 0 Å². The van der Waals surface area contributed by atoms with Crippen molar-refractivity contribution in [2.24, 2.45) is 5.41 Å². The fourth-order valence-electron chi connectivity index (χ4n) is 15.6. The van der Waals surface area contributed by atoms with Gasteiger partial charge < -0.3 is 78.4 Å². The van der Waals surface area contributed by atoms with Gasteiger partial charge in [-0.15, -0.1) is 0 Å². The third kappa shape index (κ3) is 43.1. The number of nitrogens with zero attached hydrogens (tertiary/aromatic N) is 16. The SMILES string of the molecule is CCCN1CCCN2CCCN(CCCN(CCC(C)(C)C)CC2)CC1.CCCN1CCCN2CCCN(CCCN(CCOC=O)CC2)CC1.CCN1CCCN2CCCN(CCCN(CC(=O)O)CC2)CC1.CCN1CCCN2CCCN(CCCN(CC)CC2)CC1.O=C=O. The van der Waals surface area contributed by atoms with Crippen LogP contribution in [0.15, 0.2) is 0 Å². The van der Waals surface area contributed by atoms with Gasteiger partial charge in [0, 0.05) is 118 Å². The number of hydrogen-bond donors (Lipinski definition) is 1. The van der Waals surface area contributed by atoms with Crippen LogP contribution in [-0.4, -0.2) is 423 Å². The Hall–Kier alpha value is -2.32. The van der Waals surface area contributed by atoms with E-state index in [2.05, 4.69) is 134 Å². The maximum atomic E-state index is 11.1. The zero-order chi connectivity index (χ0) is 70.7. The number of hydrogen-bond acceptors (Lipinski definition) is 21. The molecule has 0 aromatic rings. The van der Waals surface area contributed by atoms with Crippen molar-refractivity contribution in [3.8, 4) is 0 Å². The summed E-state index contributed by atoms with van der Waals surface area (Å²) in [7, 11) is 0. The Morgan fingerprint density at radius 3 is 0.776 bits per heavy atom. The predicted molar refractivity (Wildman–Crippen MR) is 405 cm³/mol. The third-order valence-electron chi connectivity index (χ3n) is 21.8. The molecule has 0 aromatic carbocycles. The summed E-state index contributed by atoms with van der Waals surface area (Å²) < 4.78 is 4.92. The number of likely N-dealkylation sites (N-methyl/N-ethyl adjacent to an activating group) is 3. The van der Waals surface area contributed by atoms with Crippen molar-refractivity contribution >= 4 is 18.6 Å². The van der Waals surface area contributed by atoms with Crippen molar-refractivity contribution in [3.63, 3.8) is 0 Å². The average Bonchev–Trinajstić information content (AvgIpc) is 2.26. The van der Waals surface area contributed by atoms with Gasteiger partial charge in [-0.3, -0.25) is 19.4 Å². The molecule has 22 nitrogen and oxygen atoms in total. The topological polar surface area (TPSA) is 150 Å². The van der Waals surface area contributed by atoms with Crippen LogP contribution in [0.3, 0.4) is 0 Å². The lowest BCUT2D eigenvalue weighted by Crippen LogP contribution is -2.40. The minimum Gasteiger partial charge on any atom is -0.480 e. The number of carbonyl (C=O) groups excluding carboxylic acids is 3. The highest BCUT2D eigenvalue weighted by Crippen LogP contribution is 2.20. The fourth-order valence-corrected chi connectivity index (χ4v) is 15.6. The highest BCUT2D eigenvalue weighted by atomic mass is 16.5. The van der Waals surface area contributed by atoms with Crippen molar-refractivity contribution in [1.82, 2.24) is 78.4 Å². The first-order valence-electron chi connectivity index (χ1n) is 40.5. The summed E-state index contributed by atoms with van der Waals surface area (Å²) in [6, 6.07) is 0. The first-order chi connectivity index (χ1) is 47.7. The van der Waals surface area contributed by atoms with Gasteiger partial charge in [-0.05, 0) is 292 Å². The number of carboxylic acids is 1. The Morgan fingerprint density at radius 1 is 0.327 bits per heavy atom. The Balaban J connectivity index is 0.000000274. The summed E-state index contributed by atoms with van der Waals surface area (Å²) in [6.07, 6.45) is 19.4. The maximum absolute atomic E-state index is 11.1. The van der Waals surface area contributed by atoms with Crippen LogP contribution in [0, 0.1) is 5.41 Å². The van der Waals surface area contributed by atoms with Gasteiger partial charge in [0.05, 0.1) is 6.54 Å². The van der Waals surface area contributed by atoms with Crippen LogP contribution in [0.1, 0.15) is 152 Å². The van der Waals surface area contributed by atoms with Gasteiger partial charge in [-0.25, -0.2) is 0 Å². The van der Waals surface area contributed by atoms with E-state index in [0.29, 0.717) is 18.5 Å². The van der Waals surface area contributed by atoms with Gasteiger partial charge in [0.15, 0.2) is 0 Å². The third-order valence-corrected chi connectivity index (χ3v) is 21.8. The lowest BCUT2D eigenvalue weighted by Gasteiger charge is -2.31. The summed E-state index contributed by atoms with van der Waals surface area (Å²) in [4.78, 5) is 79.6. The van der Waals surface area contributed by atoms with E-state index in [0.717, 1.165) is 91.5 Å². The molecule has 0 radical (unpaired) electrons. The van der Waals surface area contributed by atoms with Gasteiger partial charge in [-0.1, -0.05) is 55.4 Å². The fraction of sp³-hybridized carbons (Fsp3) is 0.961. The standard InChI is InChI=1S/C22H46N4.C19H38N4O2.C17H34N4O2.C17H36N4.CO2/c1-5-10-23-11-6-12-25-14-7-13-24(19-18-23)15-8-16-26(21-20-25)17-9-22(2,3)4;1-2-6-20-7-3-8-22-10-4-9-21(14-13-20)11-5-12-23(16-15-22)17-18-25-19-24;1-2-18-6-3-7-20-9-4-8-19(13-12-18)10-5-11-21(15-14-20)16-17(22)23;1-3-18-8-5-10-21-13-7-12-20(16-14-18)11-6-9-19(4-2)15-17-21;2-1-3/h5-21H2,1-4H3;19H,2-18H2,1H3;2-16H2,1H3,(H,22,23);3-17H2,1-2H3;. The molecule has 98 heavy (non-hydrogen) atoms. The Labute approximate surface area is 601 Å². The molecule has 0 amide bonds. The Kier molecular flexibility index (Phi) is 50.4. The molecular weight excluding hydrogens is 1230 g/mol.